The Bertz CT molecular complexity index is 410. The number of hydrogen-bond acceptors (Lipinski definition) is 3. The lowest BCUT2D eigenvalue weighted by Gasteiger charge is -2.21. The van der Waals surface area contributed by atoms with Crippen molar-refractivity contribution >= 4 is 29.1 Å². The maximum absolute atomic E-state index is 11.5. The summed E-state index contributed by atoms with van der Waals surface area (Å²) in [5, 5.41) is 0.880. The van der Waals surface area contributed by atoms with Crippen LogP contribution in [-0.4, -0.2) is 12.0 Å². The molecule has 1 aromatic rings. The zero-order chi connectivity index (χ0) is 13.0. The number of halogens is 2. The van der Waals surface area contributed by atoms with Crippen LogP contribution in [0.3, 0.4) is 0 Å². The van der Waals surface area contributed by atoms with Crippen molar-refractivity contribution in [2.24, 2.45) is 11.8 Å². The fourth-order valence-corrected chi connectivity index (χ4v) is 1.60. The Morgan fingerprint density at radius 2 is 2.06 bits per heavy atom. The van der Waals surface area contributed by atoms with Gasteiger partial charge < -0.3 is 4.74 Å². The van der Waals surface area contributed by atoms with Crippen LogP contribution in [0.15, 0.2) is 18.2 Å². The monoisotopic (exact) mass is 276 g/mol. The lowest BCUT2D eigenvalue weighted by Crippen LogP contribution is -2.44. The van der Waals surface area contributed by atoms with Gasteiger partial charge in [0.1, 0.15) is 5.75 Å². The van der Waals surface area contributed by atoms with Crippen molar-refractivity contribution in [3.63, 3.8) is 0 Å². The first-order valence-corrected chi connectivity index (χ1v) is 5.83. The van der Waals surface area contributed by atoms with Crippen molar-refractivity contribution in [3.8, 4) is 5.75 Å². The molecular weight excluding hydrogens is 263 g/mol. The third-order valence-corrected chi connectivity index (χ3v) is 2.70. The molecule has 3 N–H and O–H groups in total. The average molecular weight is 277 g/mol. The molecule has 4 nitrogen and oxygen atoms in total. The van der Waals surface area contributed by atoms with Crippen molar-refractivity contribution in [1.82, 2.24) is 5.43 Å². The van der Waals surface area contributed by atoms with Crippen molar-refractivity contribution in [2.75, 3.05) is 0 Å². The Labute approximate surface area is 110 Å². The van der Waals surface area contributed by atoms with Gasteiger partial charge in [0.2, 0.25) is 0 Å². The average Bonchev–Trinajstić information content (AvgIpc) is 2.28. The minimum Gasteiger partial charge on any atom is -0.479 e. The van der Waals surface area contributed by atoms with E-state index in [0.29, 0.717) is 15.8 Å². The number of ether oxygens (including phenoxy) is 1. The minimum absolute atomic E-state index is 0.0476. The normalized spacial score (nSPS) is 12.4. The third-order valence-electron chi connectivity index (χ3n) is 2.15. The van der Waals surface area contributed by atoms with E-state index < -0.39 is 12.0 Å². The zero-order valence-electron chi connectivity index (χ0n) is 9.54. The van der Waals surface area contributed by atoms with Crippen LogP contribution >= 0.6 is 23.2 Å². The van der Waals surface area contributed by atoms with Crippen molar-refractivity contribution in [3.05, 3.63) is 28.2 Å². The SMILES string of the molecule is CC(C)C(Oc1cc(Cl)ccc1Cl)C(=O)NN. The van der Waals surface area contributed by atoms with Gasteiger partial charge >= 0.3 is 0 Å². The molecule has 0 fully saturated rings. The number of nitrogens with two attached hydrogens (primary N) is 1. The van der Waals surface area contributed by atoms with Crippen LogP contribution in [0.2, 0.25) is 10.0 Å². The number of carbonyl (C=O) groups is 1. The predicted octanol–water partition coefficient (Wildman–Crippen LogP) is 2.39. The van der Waals surface area contributed by atoms with Gasteiger partial charge in [-0.15, -0.1) is 0 Å². The summed E-state index contributed by atoms with van der Waals surface area (Å²) in [6.45, 7) is 3.69. The standard InChI is InChI=1S/C11H14Cl2N2O2/c1-6(2)10(11(16)15-14)17-9-5-7(12)3-4-8(9)13/h3-6,10H,14H2,1-2H3,(H,15,16). The predicted molar refractivity (Wildman–Crippen MR) is 68.0 cm³/mol. The topological polar surface area (TPSA) is 64.3 Å². The zero-order valence-corrected chi connectivity index (χ0v) is 11.0. The van der Waals surface area contributed by atoms with E-state index in [0.717, 1.165) is 0 Å². The fraction of sp³-hybridized carbons (Fsp3) is 0.364. The highest BCUT2D eigenvalue weighted by Crippen LogP contribution is 2.29. The van der Waals surface area contributed by atoms with Gasteiger partial charge in [0.15, 0.2) is 6.10 Å². The molecule has 94 valence electrons. The first-order chi connectivity index (χ1) is 7.95. The Kier molecular flexibility index (Phi) is 5.05. The van der Waals surface area contributed by atoms with Crippen LogP contribution in [0.25, 0.3) is 0 Å². The van der Waals surface area contributed by atoms with Crippen molar-refractivity contribution < 1.29 is 9.53 Å². The smallest absolute Gasteiger partial charge is 0.275 e. The van der Waals surface area contributed by atoms with E-state index in [1.165, 1.54) is 0 Å². The van der Waals surface area contributed by atoms with Crippen LogP contribution in [-0.2, 0) is 4.79 Å². The van der Waals surface area contributed by atoms with Gasteiger partial charge in [0, 0.05) is 11.1 Å². The van der Waals surface area contributed by atoms with Crippen molar-refractivity contribution in [1.29, 1.82) is 0 Å². The van der Waals surface area contributed by atoms with Gasteiger partial charge in [0.25, 0.3) is 5.91 Å². The Morgan fingerprint density at radius 3 is 2.59 bits per heavy atom. The molecular formula is C11H14Cl2N2O2. The van der Waals surface area contributed by atoms with E-state index in [1.807, 2.05) is 13.8 Å². The van der Waals surface area contributed by atoms with E-state index in [-0.39, 0.29) is 5.92 Å². The molecule has 6 heteroatoms. The van der Waals surface area contributed by atoms with Crippen LogP contribution in [0.5, 0.6) is 5.75 Å². The van der Waals surface area contributed by atoms with Gasteiger partial charge in [-0.1, -0.05) is 37.0 Å². The van der Waals surface area contributed by atoms with Gasteiger partial charge in [-0.3, -0.25) is 10.2 Å². The Balaban J connectivity index is 2.93. The summed E-state index contributed by atoms with van der Waals surface area (Å²) in [6, 6.07) is 4.81. The molecule has 1 unspecified atom stereocenters. The molecule has 1 amide bonds. The number of rotatable bonds is 4. The van der Waals surface area contributed by atoms with E-state index >= 15 is 0 Å². The van der Waals surface area contributed by atoms with Gasteiger partial charge in [0.05, 0.1) is 5.02 Å². The highest BCUT2D eigenvalue weighted by atomic mass is 35.5. The summed E-state index contributed by atoms with van der Waals surface area (Å²) in [5.41, 5.74) is 2.06. The molecule has 1 rings (SSSR count). The molecule has 0 aliphatic heterocycles. The van der Waals surface area contributed by atoms with E-state index in [4.69, 9.17) is 33.8 Å². The van der Waals surface area contributed by atoms with Crippen molar-refractivity contribution in [2.45, 2.75) is 20.0 Å². The molecule has 0 heterocycles. The maximum Gasteiger partial charge on any atom is 0.275 e. The van der Waals surface area contributed by atoms with Crippen LogP contribution in [0.4, 0.5) is 0 Å². The maximum atomic E-state index is 11.5. The molecule has 0 bridgehead atoms. The fourth-order valence-electron chi connectivity index (χ4n) is 1.28. The number of hydrazine groups is 1. The Morgan fingerprint density at radius 1 is 1.41 bits per heavy atom. The van der Waals surface area contributed by atoms with E-state index in [2.05, 4.69) is 5.43 Å². The summed E-state index contributed by atoms with van der Waals surface area (Å²) in [7, 11) is 0. The van der Waals surface area contributed by atoms with Gasteiger partial charge in [-0.2, -0.15) is 0 Å². The van der Waals surface area contributed by atoms with Crippen LogP contribution < -0.4 is 16.0 Å². The van der Waals surface area contributed by atoms with Gasteiger partial charge in [-0.05, 0) is 18.1 Å². The van der Waals surface area contributed by atoms with Crippen LogP contribution in [0, 0.1) is 5.92 Å². The minimum atomic E-state index is -0.712. The summed E-state index contributed by atoms with van der Waals surface area (Å²) in [4.78, 5) is 11.5. The van der Waals surface area contributed by atoms with Crippen LogP contribution in [0.1, 0.15) is 13.8 Å². The molecule has 0 saturated carbocycles. The lowest BCUT2D eigenvalue weighted by atomic mass is 10.1. The number of benzene rings is 1. The van der Waals surface area contributed by atoms with Gasteiger partial charge in [-0.25, -0.2) is 5.84 Å². The number of hydrogen-bond donors (Lipinski definition) is 2. The molecule has 1 atom stereocenters. The van der Waals surface area contributed by atoms with E-state index in [1.54, 1.807) is 18.2 Å². The number of nitrogens with one attached hydrogen (secondary N) is 1. The lowest BCUT2D eigenvalue weighted by molar-refractivity contribution is -0.129. The highest BCUT2D eigenvalue weighted by molar-refractivity contribution is 6.34. The first-order valence-electron chi connectivity index (χ1n) is 5.08. The molecule has 1 aromatic carbocycles. The molecule has 0 aliphatic rings. The highest BCUT2D eigenvalue weighted by Gasteiger charge is 2.24. The molecule has 0 aromatic heterocycles. The largest absolute Gasteiger partial charge is 0.479 e. The number of carbonyl (C=O) groups excluding carboxylic acids is 1. The molecule has 0 saturated heterocycles. The second kappa shape index (κ2) is 6.10. The summed E-state index contributed by atoms with van der Waals surface area (Å²) in [6.07, 6.45) is -0.712. The van der Waals surface area contributed by atoms with E-state index in [9.17, 15) is 4.79 Å². The Hall–Kier alpha value is -0.970. The summed E-state index contributed by atoms with van der Waals surface area (Å²) >= 11 is 11.8. The molecule has 0 spiro atoms. The molecule has 0 radical (unpaired) electrons. The summed E-state index contributed by atoms with van der Waals surface area (Å²) in [5.74, 6) is 5.00. The molecule has 17 heavy (non-hydrogen) atoms. The summed E-state index contributed by atoms with van der Waals surface area (Å²) < 4.78 is 5.53. The second-order valence-corrected chi connectivity index (χ2v) is 4.71. The molecule has 0 aliphatic carbocycles. The quantitative estimate of drug-likeness (QED) is 0.504. The first kappa shape index (κ1) is 14.1. The second-order valence-electron chi connectivity index (χ2n) is 3.87. The number of amides is 1. The third kappa shape index (κ3) is 3.77.